The zero-order chi connectivity index (χ0) is 18.2. The second kappa shape index (κ2) is 6.39. The lowest BCUT2D eigenvalue weighted by molar-refractivity contribution is -0.128. The Balaban J connectivity index is 1.30. The minimum atomic E-state index is -0.0779. The quantitative estimate of drug-likeness (QED) is 0.702. The Morgan fingerprint density at radius 2 is 1.96 bits per heavy atom. The van der Waals surface area contributed by atoms with Gasteiger partial charge in [0.25, 0.3) is 5.89 Å². The van der Waals surface area contributed by atoms with Gasteiger partial charge in [-0.15, -0.1) is 0 Å². The molecule has 1 unspecified atom stereocenters. The van der Waals surface area contributed by atoms with Crippen LogP contribution in [-0.2, 0) is 11.3 Å². The summed E-state index contributed by atoms with van der Waals surface area (Å²) in [5, 5.41) is 4.08. The van der Waals surface area contributed by atoms with Crippen molar-refractivity contribution in [3.05, 3.63) is 54.1 Å². The summed E-state index contributed by atoms with van der Waals surface area (Å²) in [7, 11) is 0. The number of pyridine rings is 1. The maximum Gasteiger partial charge on any atom is 0.258 e. The maximum absolute atomic E-state index is 12.4. The fourth-order valence-corrected chi connectivity index (χ4v) is 3.37. The summed E-state index contributed by atoms with van der Waals surface area (Å²) in [4.78, 5) is 22.7. The van der Waals surface area contributed by atoms with Crippen molar-refractivity contribution in [3.63, 3.8) is 0 Å². The van der Waals surface area contributed by atoms with Crippen LogP contribution in [0, 0.1) is 0 Å². The standard InChI is InChI=1S/C19H16N4O4/c24-17-8-14(18-21-19(27-22-18)13-3-5-20-6-4-13)10-23(17)9-12-1-2-15-16(7-12)26-11-25-15/h1-7,14H,8-11H2. The normalized spacial score (nSPS) is 18.3. The summed E-state index contributed by atoms with van der Waals surface area (Å²) in [5.74, 6) is 2.45. The number of aromatic nitrogens is 3. The van der Waals surface area contributed by atoms with Crippen LogP contribution in [0.3, 0.4) is 0 Å². The highest BCUT2D eigenvalue weighted by atomic mass is 16.7. The maximum atomic E-state index is 12.4. The first-order valence-electron chi connectivity index (χ1n) is 8.66. The van der Waals surface area contributed by atoms with Gasteiger partial charge in [-0.3, -0.25) is 9.78 Å². The average Bonchev–Trinajstić information content (AvgIpc) is 3.42. The van der Waals surface area contributed by atoms with Crippen molar-refractivity contribution in [3.8, 4) is 23.0 Å². The van der Waals surface area contributed by atoms with Crippen LogP contribution in [0.1, 0.15) is 23.7 Å². The number of hydrogen-bond acceptors (Lipinski definition) is 7. The van der Waals surface area contributed by atoms with Crippen LogP contribution in [0.25, 0.3) is 11.5 Å². The van der Waals surface area contributed by atoms with Gasteiger partial charge in [-0.1, -0.05) is 11.2 Å². The summed E-state index contributed by atoms with van der Waals surface area (Å²) < 4.78 is 16.1. The Labute approximate surface area is 154 Å². The van der Waals surface area contributed by atoms with Gasteiger partial charge in [0.15, 0.2) is 17.3 Å². The molecule has 3 aromatic rings. The number of carbonyl (C=O) groups is 1. The molecular formula is C19H16N4O4. The van der Waals surface area contributed by atoms with Crippen molar-refractivity contribution in [1.29, 1.82) is 0 Å². The van der Waals surface area contributed by atoms with Gasteiger partial charge >= 0.3 is 0 Å². The van der Waals surface area contributed by atoms with Gasteiger partial charge in [-0.05, 0) is 29.8 Å². The Morgan fingerprint density at radius 1 is 1.11 bits per heavy atom. The van der Waals surface area contributed by atoms with E-state index >= 15 is 0 Å². The van der Waals surface area contributed by atoms with E-state index in [4.69, 9.17) is 14.0 Å². The van der Waals surface area contributed by atoms with Crippen molar-refractivity contribution < 1.29 is 18.8 Å². The molecule has 0 saturated carbocycles. The molecule has 1 aromatic carbocycles. The summed E-state index contributed by atoms with van der Waals surface area (Å²) in [5.41, 5.74) is 1.81. The van der Waals surface area contributed by atoms with Crippen LogP contribution < -0.4 is 9.47 Å². The zero-order valence-electron chi connectivity index (χ0n) is 14.4. The number of benzene rings is 1. The van der Waals surface area contributed by atoms with Crippen molar-refractivity contribution in [2.45, 2.75) is 18.9 Å². The smallest absolute Gasteiger partial charge is 0.258 e. The van der Waals surface area contributed by atoms with Crippen LogP contribution in [0.15, 0.2) is 47.2 Å². The van der Waals surface area contributed by atoms with E-state index in [-0.39, 0.29) is 18.6 Å². The third kappa shape index (κ3) is 2.99. The van der Waals surface area contributed by atoms with Crippen LogP contribution >= 0.6 is 0 Å². The molecule has 2 aliphatic rings. The number of likely N-dealkylation sites (tertiary alicyclic amines) is 1. The van der Waals surface area contributed by atoms with Crippen molar-refractivity contribution in [1.82, 2.24) is 20.0 Å². The molecule has 0 spiro atoms. The second-order valence-corrected chi connectivity index (χ2v) is 6.56. The summed E-state index contributed by atoms with van der Waals surface area (Å²) in [6, 6.07) is 9.35. The molecule has 2 aromatic heterocycles. The Bertz CT molecular complexity index is 988. The molecule has 8 heteroatoms. The lowest BCUT2D eigenvalue weighted by Gasteiger charge is -2.16. The molecule has 136 valence electrons. The van der Waals surface area contributed by atoms with Crippen LogP contribution in [0.2, 0.25) is 0 Å². The predicted molar refractivity (Wildman–Crippen MR) is 92.9 cm³/mol. The summed E-state index contributed by atoms with van der Waals surface area (Å²) >= 11 is 0. The monoisotopic (exact) mass is 364 g/mol. The van der Waals surface area contributed by atoms with Gasteiger partial charge in [0, 0.05) is 43.4 Å². The molecule has 5 rings (SSSR count). The van der Waals surface area contributed by atoms with Crippen molar-refractivity contribution in [2.75, 3.05) is 13.3 Å². The summed E-state index contributed by atoms with van der Waals surface area (Å²) in [6.07, 6.45) is 3.72. The minimum Gasteiger partial charge on any atom is -0.454 e. The molecule has 0 N–H and O–H groups in total. The van der Waals surface area contributed by atoms with Gasteiger partial charge in [0.05, 0.1) is 0 Å². The highest BCUT2D eigenvalue weighted by Gasteiger charge is 2.34. The second-order valence-electron chi connectivity index (χ2n) is 6.56. The van der Waals surface area contributed by atoms with E-state index < -0.39 is 0 Å². The minimum absolute atomic E-state index is 0.0768. The lowest BCUT2D eigenvalue weighted by atomic mass is 10.1. The molecule has 0 radical (unpaired) electrons. The largest absolute Gasteiger partial charge is 0.454 e. The predicted octanol–water partition coefficient (Wildman–Crippen LogP) is 2.38. The molecule has 1 amide bonds. The molecule has 0 aliphatic carbocycles. The number of fused-ring (bicyclic) bond motifs is 1. The van der Waals surface area contributed by atoms with Gasteiger partial charge in [-0.2, -0.15) is 4.98 Å². The number of rotatable bonds is 4. The molecule has 0 bridgehead atoms. The fraction of sp³-hybridized carbons (Fsp3) is 0.263. The van der Waals surface area contributed by atoms with E-state index in [1.165, 1.54) is 0 Å². The third-order valence-electron chi connectivity index (χ3n) is 4.76. The first kappa shape index (κ1) is 15.8. The van der Waals surface area contributed by atoms with E-state index in [9.17, 15) is 4.79 Å². The highest BCUT2D eigenvalue weighted by molar-refractivity contribution is 5.79. The van der Waals surface area contributed by atoms with E-state index in [0.717, 1.165) is 22.6 Å². The molecule has 4 heterocycles. The highest BCUT2D eigenvalue weighted by Crippen LogP contribution is 2.34. The van der Waals surface area contributed by atoms with E-state index in [0.29, 0.717) is 31.2 Å². The van der Waals surface area contributed by atoms with Gasteiger partial charge in [0.1, 0.15) is 0 Å². The van der Waals surface area contributed by atoms with Gasteiger partial charge < -0.3 is 18.9 Å². The Hall–Kier alpha value is -3.42. The van der Waals surface area contributed by atoms with Crippen molar-refractivity contribution in [2.24, 2.45) is 0 Å². The van der Waals surface area contributed by atoms with Crippen LogP contribution in [0.4, 0.5) is 0 Å². The first-order valence-corrected chi connectivity index (χ1v) is 8.66. The Kier molecular flexibility index (Phi) is 3.74. The molecule has 1 fully saturated rings. The third-order valence-corrected chi connectivity index (χ3v) is 4.76. The molecule has 2 aliphatic heterocycles. The SMILES string of the molecule is O=C1CC(c2noc(-c3ccncc3)n2)CN1Cc1ccc2c(c1)OCO2. The van der Waals surface area contributed by atoms with Crippen LogP contribution in [-0.4, -0.2) is 39.3 Å². The average molecular weight is 364 g/mol. The Morgan fingerprint density at radius 3 is 2.85 bits per heavy atom. The molecule has 1 saturated heterocycles. The number of ether oxygens (including phenoxy) is 2. The lowest BCUT2D eigenvalue weighted by Crippen LogP contribution is -2.24. The van der Waals surface area contributed by atoms with Crippen molar-refractivity contribution >= 4 is 5.91 Å². The van der Waals surface area contributed by atoms with Gasteiger partial charge in [0.2, 0.25) is 12.7 Å². The van der Waals surface area contributed by atoms with Crippen LogP contribution in [0.5, 0.6) is 11.5 Å². The summed E-state index contributed by atoms with van der Waals surface area (Å²) in [6.45, 7) is 1.31. The van der Waals surface area contributed by atoms with E-state index in [2.05, 4.69) is 15.1 Å². The molecule has 1 atom stereocenters. The number of nitrogens with zero attached hydrogens (tertiary/aromatic N) is 4. The first-order chi connectivity index (χ1) is 13.3. The number of carbonyl (C=O) groups excluding carboxylic acids is 1. The molecule has 27 heavy (non-hydrogen) atoms. The van der Waals surface area contributed by atoms with Gasteiger partial charge in [-0.25, -0.2) is 0 Å². The molecule has 8 nitrogen and oxygen atoms in total. The van der Waals surface area contributed by atoms with E-state index in [1.807, 2.05) is 35.2 Å². The fourth-order valence-electron chi connectivity index (χ4n) is 3.37. The topological polar surface area (TPSA) is 90.6 Å². The van der Waals surface area contributed by atoms with E-state index in [1.54, 1.807) is 12.4 Å². The molecular weight excluding hydrogens is 348 g/mol. The number of amides is 1. The zero-order valence-corrected chi connectivity index (χ0v) is 14.4. The number of hydrogen-bond donors (Lipinski definition) is 0.